The van der Waals surface area contributed by atoms with Crippen molar-refractivity contribution in [2.24, 2.45) is 5.92 Å². The largest absolute Gasteiger partial charge is 0.385 e. The summed E-state index contributed by atoms with van der Waals surface area (Å²) in [6.07, 6.45) is 5.93. The van der Waals surface area contributed by atoms with Gasteiger partial charge in [-0.15, -0.1) is 0 Å². The SMILES string of the molecule is CC1CC(O)(c2ccc(C3CCC3)cc2)C1. The van der Waals surface area contributed by atoms with Gasteiger partial charge in [0.1, 0.15) is 0 Å². The molecule has 2 aliphatic carbocycles. The highest BCUT2D eigenvalue weighted by Gasteiger charge is 2.41. The molecule has 2 saturated carbocycles. The minimum absolute atomic E-state index is 0.516. The second kappa shape index (κ2) is 3.59. The zero-order chi connectivity index (χ0) is 11.2. The van der Waals surface area contributed by atoms with Crippen LogP contribution >= 0.6 is 0 Å². The van der Waals surface area contributed by atoms with Crippen molar-refractivity contribution >= 4 is 0 Å². The van der Waals surface area contributed by atoms with Crippen LogP contribution in [0.2, 0.25) is 0 Å². The Balaban J connectivity index is 1.77. The van der Waals surface area contributed by atoms with E-state index in [1.165, 1.54) is 24.8 Å². The second-order valence-electron chi connectivity index (χ2n) is 5.79. The van der Waals surface area contributed by atoms with Gasteiger partial charge in [0.2, 0.25) is 0 Å². The fourth-order valence-electron chi connectivity index (χ4n) is 3.14. The van der Waals surface area contributed by atoms with Crippen LogP contribution in [0.5, 0.6) is 0 Å². The van der Waals surface area contributed by atoms with E-state index in [2.05, 4.69) is 31.2 Å². The zero-order valence-electron chi connectivity index (χ0n) is 9.95. The van der Waals surface area contributed by atoms with Crippen LogP contribution in [0.1, 0.15) is 56.1 Å². The van der Waals surface area contributed by atoms with Crippen LogP contribution in [-0.2, 0) is 5.60 Å². The van der Waals surface area contributed by atoms with Gasteiger partial charge in [0.05, 0.1) is 5.60 Å². The van der Waals surface area contributed by atoms with E-state index in [1.54, 1.807) is 0 Å². The van der Waals surface area contributed by atoms with Gasteiger partial charge in [0.15, 0.2) is 0 Å². The van der Waals surface area contributed by atoms with Crippen LogP contribution in [0.3, 0.4) is 0 Å². The highest BCUT2D eigenvalue weighted by Crippen LogP contribution is 2.45. The van der Waals surface area contributed by atoms with Crippen LogP contribution in [0.4, 0.5) is 0 Å². The number of hydrogen-bond donors (Lipinski definition) is 1. The van der Waals surface area contributed by atoms with E-state index in [0.29, 0.717) is 5.92 Å². The van der Waals surface area contributed by atoms with Crippen LogP contribution in [0.15, 0.2) is 24.3 Å². The summed E-state index contributed by atoms with van der Waals surface area (Å²) in [4.78, 5) is 0. The topological polar surface area (TPSA) is 20.2 Å². The lowest BCUT2D eigenvalue weighted by Gasteiger charge is -2.42. The van der Waals surface area contributed by atoms with Crippen molar-refractivity contribution in [3.8, 4) is 0 Å². The quantitative estimate of drug-likeness (QED) is 0.801. The Morgan fingerprint density at radius 3 is 2.19 bits per heavy atom. The molecule has 0 atom stereocenters. The van der Waals surface area contributed by atoms with Crippen molar-refractivity contribution in [3.05, 3.63) is 35.4 Å². The average Bonchev–Trinajstić information content (AvgIpc) is 2.14. The van der Waals surface area contributed by atoms with Gasteiger partial charge >= 0.3 is 0 Å². The standard InChI is InChI=1S/C15H20O/c1-11-9-15(16,10-11)14-7-5-13(6-8-14)12-3-2-4-12/h5-8,11-12,16H,2-4,9-10H2,1H3. The predicted octanol–water partition coefficient (Wildman–Crippen LogP) is 3.57. The Labute approximate surface area is 97.5 Å². The molecule has 0 saturated heterocycles. The first-order valence-electron chi connectivity index (χ1n) is 6.50. The van der Waals surface area contributed by atoms with Crippen LogP contribution in [-0.4, -0.2) is 5.11 Å². The summed E-state index contributed by atoms with van der Waals surface area (Å²) in [5.74, 6) is 1.47. The Morgan fingerprint density at radius 2 is 1.75 bits per heavy atom. The predicted molar refractivity (Wildman–Crippen MR) is 65.3 cm³/mol. The first-order chi connectivity index (χ1) is 7.67. The molecule has 0 amide bonds. The Kier molecular flexibility index (Phi) is 2.32. The summed E-state index contributed by atoms with van der Waals surface area (Å²) in [7, 11) is 0. The third-order valence-electron chi connectivity index (χ3n) is 4.40. The van der Waals surface area contributed by atoms with Gasteiger partial charge in [-0.1, -0.05) is 37.6 Å². The van der Waals surface area contributed by atoms with Crippen molar-refractivity contribution in [1.82, 2.24) is 0 Å². The van der Waals surface area contributed by atoms with Gasteiger partial charge in [0.25, 0.3) is 0 Å². The van der Waals surface area contributed by atoms with Crippen molar-refractivity contribution in [2.75, 3.05) is 0 Å². The molecule has 0 bridgehead atoms. The Bertz CT molecular complexity index is 369. The summed E-state index contributed by atoms with van der Waals surface area (Å²) in [5.41, 5.74) is 2.07. The third kappa shape index (κ3) is 1.58. The Hall–Kier alpha value is -0.820. The Morgan fingerprint density at radius 1 is 1.12 bits per heavy atom. The molecule has 0 spiro atoms. The monoisotopic (exact) mass is 216 g/mol. The van der Waals surface area contributed by atoms with Gasteiger partial charge in [-0.05, 0) is 48.6 Å². The summed E-state index contributed by atoms with van der Waals surface area (Å²) in [6, 6.07) is 8.72. The van der Waals surface area contributed by atoms with Gasteiger partial charge in [-0.25, -0.2) is 0 Å². The minimum atomic E-state index is -0.516. The first-order valence-corrected chi connectivity index (χ1v) is 6.50. The highest BCUT2D eigenvalue weighted by molar-refractivity contribution is 5.31. The molecule has 86 valence electrons. The van der Waals surface area contributed by atoms with E-state index in [-0.39, 0.29) is 0 Å². The smallest absolute Gasteiger partial charge is 0.0901 e. The van der Waals surface area contributed by atoms with E-state index in [9.17, 15) is 5.11 Å². The molecule has 1 aromatic rings. The van der Waals surface area contributed by atoms with Gasteiger partial charge in [-0.2, -0.15) is 0 Å². The number of benzene rings is 1. The molecule has 16 heavy (non-hydrogen) atoms. The number of rotatable bonds is 2. The van der Waals surface area contributed by atoms with E-state index in [1.807, 2.05) is 0 Å². The van der Waals surface area contributed by atoms with Gasteiger partial charge in [0, 0.05) is 0 Å². The van der Waals surface area contributed by atoms with Crippen molar-refractivity contribution in [1.29, 1.82) is 0 Å². The van der Waals surface area contributed by atoms with Crippen molar-refractivity contribution in [3.63, 3.8) is 0 Å². The van der Waals surface area contributed by atoms with E-state index in [4.69, 9.17) is 0 Å². The van der Waals surface area contributed by atoms with Gasteiger partial charge < -0.3 is 5.11 Å². The number of hydrogen-bond acceptors (Lipinski definition) is 1. The molecule has 2 aliphatic rings. The van der Waals surface area contributed by atoms with Crippen LogP contribution < -0.4 is 0 Å². The van der Waals surface area contributed by atoms with Crippen molar-refractivity contribution < 1.29 is 5.11 Å². The summed E-state index contributed by atoms with van der Waals surface area (Å²) < 4.78 is 0. The molecule has 1 nitrogen and oxygen atoms in total. The maximum Gasteiger partial charge on any atom is 0.0901 e. The van der Waals surface area contributed by atoms with E-state index >= 15 is 0 Å². The molecule has 0 heterocycles. The molecule has 2 fully saturated rings. The summed E-state index contributed by atoms with van der Waals surface area (Å²) in [6.45, 7) is 2.21. The molecule has 3 rings (SSSR count). The molecule has 0 aliphatic heterocycles. The summed E-state index contributed by atoms with van der Waals surface area (Å²) >= 11 is 0. The molecule has 1 heteroatoms. The first kappa shape index (κ1) is 10.3. The molecule has 0 unspecified atom stereocenters. The van der Waals surface area contributed by atoms with Crippen LogP contribution in [0, 0.1) is 5.92 Å². The normalized spacial score (nSPS) is 34.2. The maximum atomic E-state index is 10.4. The molecule has 0 aromatic heterocycles. The maximum absolute atomic E-state index is 10.4. The molecular formula is C15H20O. The fourth-order valence-corrected chi connectivity index (χ4v) is 3.14. The highest BCUT2D eigenvalue weighted by atomic mass is 16.3. The third-order valence-corrected chi connectivity index (χ3v) is 4.40. The lowest BCUT2D eigenvalue weighted by Crippen LogP contribution is -2.39. The van der Waals surface area contributed by atoms with Gasteiger partial charge in [-0.3, -0.25) is 0 Å². The zero-order valence-corrected chi connectivity index (χ0v) is 9.95. The second-order valence-corrected chi connectivity index (χ2v) is 5.79. The lowest BCUT2D eigenvalue weighted by molar-refractivity contribution is -0.0738. The molecule has 1 aromatic carbocycles. The van der Waals surface area contributed by atoms with E-state index in [0.717, 1.165) is 24.3 Å². The van der Waals surface area contributed by atoms with Crippen LogP contribution in [0.25, 0.3) is 0 Å². The van der Waals surface area contributed by atoms with E-state index < -0.39 is 5.60 Å². The minimum Gasteiger partial charge on any atom is -0.385 e. The average molecular weight is 216 g/mol. The molecule has 0 radical (unpaired) electrons. The van der Waals surface area contributed by atoms with Crippen molar-refractivity contribution in [2.45, 2.75) is 50.5 Å². The molecule has 1 N–H and O–H groups in total. The molecular weight excluding hydrogens is 196 g/mol. The number of aliphatic hydroxyl groups is 1. The fraction of sp³-hybridized carbons (Fsp3) is 0.600. The summed E-state index contributed by atoms with van der Waals surface area (Å²) in [5, 5.41) is 10.4. The lowest BCUT2D eigenvalue weighted by atomic mass is 9.68.